The third-order valence-electron chi connectivity index (χ3n) is 3.29. The van der Waals surface area contributed by atoms with Gasteiger partial charge in [0.25, 0.3) is 0 Å². The van der Waals surface area contributed by atoms with Gasteiger partial charge in [0.1, 0.15) is 0 Å². The molecule has 0 radical (unpaired) electrons. The minimum atomic E-state index is 0.440. The van der Waals surface area contributed by atoms with Gasteiger partial charge in [-0.15, -0.1) is 0 Å². The lowest BCUT2D eigenvalue weighted by molar-refractivity contribution is 0.333. The third kappa shape index (κ3) is 3.65. The Balaban J connectivity index is 2.10. The lowest BCUT2D eigenvalue weighted by Crippen LogP contribution is -2.22. The maximum Gasteiger partial charge on any atom is 0.00363 e. The fraction of sp³-hybridized carbons (Fsp3) is 1.00. The number of nitrogens with two attached hydrogens (primary N) is 1. The Labute approximate surface area is 82.5 Å². The zero-order valence-corrected chi connectivity index (χ0v) is 9.13. The van der Waals surface area contributed by atoms with Crippen LogP contribution in [0.3, 0.4) is 0 Å². The van der Waals surface area contributed by atoms with Crippen molar-refractivity contribution in [1.82, 2.24) is 4.90 Å². The van der Waals surface area contributed by atoms with E-state index in [-0.39, 0.29) is 0 Å². The fourth-order valence-electron chi connectivity index (χ4n) is 2.09. The summed E-state index contributed by atoms with van der Waals surface area (Å²) < 4.78 is 0. The number of likely N-dealkylation sites (tertiary alicyclic amines) is 1. The van der Waals surface area contributed by atoms with E-state index in [1.165, 1.54) is 38.9 Å². The average Bonchev–Trinajstić information content (AvgIpc) is 2.61. The summed E-state index contributed by atoms with van der Waals surface area (Å²) in [5, 5.41) is 0. The lowest BCUT2D eigenvalue weighted by Gasteiger charge is -2.14. The molecule has 1 aliphatic heterocycles. The van der Waals surface area contributed by atoms with Gasteiger partial charge in [0.15, 0.2) is 0 Å². The second-order valence-corrected chi connectivity index (χ2v) is 4.29. The zero-order valence-electron chi connectivity index (χ0n) is 9.13. The Morgan fingerprint density at radius 2 is 2.23 bits per heavy atom. The normalized spacial score (nSPS) is 26.5. The van der Waals surface area contributed by atoms with Crippen LogP contribution in [0.25, 0.3) is 0 Å². The highest BCUT2D eigenvalue weighted by Crippen LogP contribution is 2.21. The van der Waals surface area contributed by atoms with E-state index in [4.69, 9.17) is 5.73 Å². The van der Waals surface area contributed by atoms with E-state index < -0.39 is 0 Å². The van der Waals surface area contributed by atoms with Gasteiger partial charge in [0.05, 0.1) is 0 Å². The van der Waals surface area contributed by atoms with Gasteiger partial charge in [0.2, 0.25) is 0 Å². The van der Waals surface area contributed by atoms with Gasteiger partial charge in [-0.05, 0) is 44.7 Å². The summed E-state index contributed by atoms with van der Waals surface area (Å²) in [4.78, 5) is 2.54. The molecule has 2 unspecified atom stereocenters. The van der Waals surface area contributed by atoms with Gasteiger partial charge in [-0.3, -0.25) is 0 Å². The van der Waals surface area contributed by atoms with E-state index in [0.29, 0.717) is 6.04 Å². The van der Waals surface area contributed by atoms with Crippen molar-refractivity contribution in [1.29, 1.82) is 0 Å². The van der Waals surface area contributed by atoms with Crippen LogP contribution in [0.15, 0.2) is 0 Å². The molecular formula is C11H24N2. The molecule has 0 aliphatic carbocycles. The first-order chi connectivity index (χ1) is 6.26. The second kappa shape index (κ2) is 5.61. The van der Waals surface area contributed by atoms with Crippen molar-refractivity contribution in [3.8, 4) is 0 Å². The van der Waals surface area contributed by atoms with Crippen molar-refractivity contribution in [2.75, 3.05) is 19.6 Å². The van der Waals surface area contributed by atoms with Crippen molar-refractivity contribution >= 4 is 0 Å². The van der Waals surface area contributed by atoms with Crippen LogP contribution < -0.4 is 5.73 Å². The first-order valence-corrected chi connectivity index (χ1v) is 5.74. The van der Waals surface area contributed by atoms with Crippen molar-refractivity contribution in [3.05, 3.63) is 0 Å². The van der Waals surface area contributed by atoms with Gasteiger partial charge in [-0.2, -0.15) is 0 Å². The quantitative estimate of drug-likeness (QED) is 0.706. The van der Waals surface area contributed by atoms with Crippen molar-refractivity contribution in [2.45, 2.75) is 45.6 Å². The summed E-state index contributed by atoms with van der Waals surface area (Å²) in [6.45, 7) is 8.27. The fourth-order valence-corrected chi connectivity index (χ4v) is 2.09. The molecule has 0 aromatic rings. The first kappa shape index (κ1) is 11.0. The maximum absolute atomic E-state index is 5.90. The van der Waals surface area contributed by atoms with Crippen LogP contribution in [-0.2, 0) is 0 Å². The minimum Gasteiger partial charge on any atom is -0.328 e. The molecule has 0 aromatic carbocycles. The van der Waals surface area contributed by atoms with E-state index in [1.807, 2.05) is 0 Å². The molecule has 0 amide bonds. The topological polar surface area (TPSA) is 29.3 Å². The summed E-state index contributed by atoms with van der Waals surface area (Å²) in [5.41, 5.74) is 5.90. The van der Waals surface area contributed by atoms with E-state index >= 15 is 0 Å². The van der Waals surface area contributed by atoms with Crippen molar-refractivity contribution in [2.24, 2.45) is 11.7 Å². The molecule has 2 nitrogen and oxygen atoms in total. The smallest absolute Gasteiger partial charge is 0.00363 e. The summed E-state index contributed by atoms with van der Waals surface area (Å²) in [5.74, 6) is 0.928. The van der Waals surface area contributed by atoms with Crippen LogP contribution in [0, 0.1) is 5.92 Å². The lowest BCUT2D eigenvalue weighted by atomic mass is 9.98. The molecule has 1 rings (SSSR count). The highest BCUT2D eigenvalue weighted by Gasteiger charge is 2.20. The molecule has 1 heterocycles. The molecule has 0 bridgehead atoms. The zero-order chi connectivity index (χ0) is 9.68. The third-order valence-corrected chi connectivity index (χ3v) is 3.29. The van der Waals surface area contributed by atoms with E-state index in [1.54, 1.807) is 0 Å². The predicted octanol–water partition coefficient (Wildman–Crippen LogP) is 1.85. The van der Waals surface area contributed by atoms with Crippen LogP contribution in [0.1, 0.15) is 39.5 Å². The Morgan fingerprint density at radius 1 is 1.46 bits per heavy atom. The monoisotopic (exact) mass is 184 g/mol. The molecule has 1 fully saturated rings. The SMILES string of the molecule is CCC(N)CCC1CCN(CC)C1. The molecule has 1 aliphatic rings. The van der Waals surface area contributed by atoms with Crippen LogP contribution in [0.5, 0.6) is 0 Å². The molecule has 2 atom stereocenters. The number of rotatable bonds is 5. The number of nitrogens with zero attached hydrogens (tertiary/aromatic N) is 1. The molecule has 0 saturated carbocycles. The van der Waals surface area contributed by atoms with Crippen LogP contribution in [0.2, 0.25) is 0 Å². The highest BCUT2D eigenvalue weighted by atomic mass is 15.1. The molecule has 0 aromatic heterocycles. The second-order valence-electron chi connectivity index (χ2n) is 4.29. The van der Waals surface area contributed by atoms with Crippen molar-refractivity contribution in [3.63, 3.8) is 0 Å². The van der Waals surface area contributed by atoms with E-state index in [0.717, 1.165) is 12.3 Å². The molecule has 0 spiro atoms. The van der Waals surface area contributed by atoms with Crippen LogP contribution >= 0.6 is 0 Å². The van der Waals surface area contributed by atoms with E-state index in [2.05, 4.69) is 18.7 Å². The van der Waals surface area contributed by atoms with Crippen molar-refractivity contribution < 1.29 is 0 Å². The molecular weight excluding hydrogens is 160 g/mol. The van der Waals surface area contributed by atoms with E-state index in [9.17, 15) is 0 Å². The van der Waals surface area contributed by atoms with Gasteiger partial charge in [-0.25, -0.2) is 0 Å². The maximum atomic E-state index is 5.90. The molecule has 13 heavy (non-hydrogen) atoms. The average molecular weight is 184 g/mol. The Kier molecular flexibility index (Phi) is 4.74. The van der Waals surface area contributed by atoms with Gasteiger partial charge < -0.3 is 10.6 Å². The summed E-state index contributed by atoms with van der Waals surface area (Å²) in [6, 6.07) is 0.440. The summed E-state index contributed by atoms with van der Waals surface area (Å²) in [7, 11) is 0. The van der Waals surface area contributed by atoms with Gasteiger partial charge >= 0.3 is 0 Å². The molecule has 78 valence electrons. The highest BCUT2D eigenvalue weighted by molar-refractivity contribution is 4.75. The van der Waals surface area contributed by atoms with Gasteiger partial charge in [0, 0.05) is 12.6 Å². The Hall–Kier alpha value is -0.0800. The van der Waals surface area contributed by atoms with Crippen LogP contribution in [0.4, 0.5) is 0 Å². The Morgan fingerprint density at radius 3 is 2.77 bits per heavy atom. The standard InChI is InChI=1S/C11H24N2/c1-3-11(12)6-5-10-7-8-13(4-2)9-10/h10-11H,3-9,12H2,1-2H3. The molecule has 2 N–H and O–H groups in total. The summed E-state index contributed by atoms with van der Waals surface area (Å²) >= 11 is 0. The summed E-state index contributed by atoms with van der Waals surface area (Å²) in [6.07, 6.45) is 5.08. The van der Waals surface area contributed by atoms with Gasteiger partial charge in [-0.1, -0.05) is 13.8 Å². The Bertz CT molecular complexity index is 136. The number of hydrogen-bond acceptors (Lipinski definition) is 2. The minimum absolute atomic E-state index is 0.440. The largest absolute Gasteiger partial charge is 0.328 e. The predicted molar refractivity (Wildman–Crippen MR) is 57.7 cm³/mol. The number of hydrogen-bond donors (Lipinski definition) is 1. The first-order valence-electron chi connectivity index (χ1n) is 5.74. The molecule has 2 heteroatoms. The molecule has 1 saturated heterocycles. The van der Waals surface area contributed by atoms with Crippen LogP contribution in [-0.4, -0.2) is 30.6 Å².